The van der Waals surface area contributed by atoms with Gasteiger partial charge in [-0.3, -0.25) is 0 Å². The van der Waals surface area contributed by atoms with Gasteiger partial charge in [-0.2, -0.15) is 0 Å². The van der Waals surface area contributed by atoms with Crippen molar-refractivity contribution in [3.8, 4) is 0 Å². The van der Waals surface area contributed by atoms with Gasteiger partial charge in [0.05, 0.1) is 0 Å². The largest absolute Gasteiger partial charge is 0.316 e. The van der Waals surface area contributed by atoms with Crippen molar-refractivity contribution in [3.63, 3.8) is 0 Å². The topological polar surface area (TPSA) is 12.0 Å². The number of piperidine rings is 1. The van der Waals surface area contributed by atoms with Crippen LogP contribution >= 0.6 is 0 Å². The molecule has 0 aromatic carbocycles. The molecule has 70 valence electrons. The Balaban J connectivity index is 1.81. The normalized spacial score (nSPS) is 37.8. The van der Waals surface area contributed by atoms with Crippen LogP contribution in [0.5, 0.6) is 0 Å². The van der Waals surface area contributed by atoms with Crippen LogP contribution in [0.4, 0.5) is 0 Å². The third kappa shape index (κ3) is 1.82. The van der Waals surface area contributed by atoms with E-state index in [9.17, 15) is 0 Å². The fourth-order valence-corrected chi connectivity index (χ4v) is 2.69. The first kappa shape index (κ1) is 8.55. The van der Waals surface area contributed by atoms with E-state index in [2.05, 4.69) is 12.2 Å². The Morgan fingerprint density at radius 3 is 2.67 bits per heavy atom. The van der Waals surface area contributed by atoms with E-state index < -0.39 is 0 Å². The molecule has 0 aromatic heterocycles. The number of rotatable bonds is 2. The quantitative estimate of drug-likeness (QED) is 0.666. The molecule has 1 aliphatic carbocycles. The van der Waals surface area contributed by atoms with Crippen LogP contribution in [0.1, 0.15) is 45.4 Å². The van der Waals surface area contributed by atoms with Crippen molar-refractivity contribution in [2.45, 2.75) is 45.4 Å². The average molecular weight is 167 g/mol. The van der Waals surface area contributed by atoms with Gasteiger partial charge < -0.3 is 5.32 Å². The Morgan fingerprint density at radius 2 is 2.17 bits per heavy atom. The molecule has 1 saturated carbocycles. The van der Waals surface area contributed by atoms with Crippen LogP contribution in [0.3, 0.4) is 0 Å². The van der Waals surface area contributed by atoms with Crippen LogP contribution in [0.25, 0.3) is 0 Å². The molecule has 1 heterocycles. The van der Waals surface area contributed by atoms with Gasteiger partial charge in [-0.1, -0.05) is 26.2 Å². The summed E-state index contributed by atoms with van der Waals surface area (Å²) in [5.74, 6) is 1.08. The molecule has 1 heteroatoms. The van der Waals surface area contributed by atoms with Crippen LogP contribution in [0, 0.1) is 11.3 Å². The maximum absolute atomic E-state index is 3.53. The van der Waals surface area contributed by atoms with Crippen molar-refractivity contribution in [1.29, 1.82) is 0 Å². The van der Waals surface area contributed by atoms with Crippen molar-refractivity contribution in [1.82, 2.24) is 5.32 Å². The van der Waals surface area contributed by atoms with Crippen molar-refractivity contribution in [3.05, 3.63) is 0 Å². The monoisotopic (exact) mass is 167 g/mol. The third-order valence-electron chi connectivity index (χ3n) is 3.69. The van der Waals surface area contributed by atoms with Crippen LogP contribution in [0.2, 0.25) is 0 Å². The number of nitrogens with one attached hydrogen (secondary N) is 1. The summed E-state index contributed by atoms with van der Waals surface area (Å²) in [7, 11) is 0. The molecule has 2 aliphatic rings. The molecular weight excluding hydrogens is 146 g/mol. The van der Waals surface area contributed by atoms with Crippen molar-refractivity contribution in [2.24, 2.45) is 11.3 Å². The van der Waals surface area contributed by atoms with E-state index in [0.29, 0.717) is 5.41 Å². The van der Waals surface area contributed by atoms with Gasteiger partial charge in [-0.05, 0) is 37.1 Å². The molecule has 2 rings (SSSR count). The summed E-state index contributed by atoms with van der Waals surface area (Å²) in [4.78, 5) is 0. The average Bonchev–Trinajstić information content (AvgIpc) is 1.99. The Bertz CT molecular complexity index is 143. The lowest BCUT2D eigenvalue weighted by Gasteiger charge is -2.39. The first-order valence-electron chi connectivity index (χ1n) is 5.49. The summed E-state index contributed by atoms with van der Waals surface area (Å²) in [5, 5.41) is 3.53. The number of hydrogen-bond donors (Lipinski definition) is 1. The van der Waals surface area contributed by atoms with E-state index >= 15 is 0 Å². The molecule has 0 spiro atoms. The Hall–Kier alpha value is -0.0400. The minimum atomic E-state index is 0.642. The predicted molar refractivity (Wildman–Crippen MR) is 52.2 cm³/mol. The van der Waals surface area contributed by atoms with E-state index in [1.54, 1.807) is 0 Å². The maximum atomic E-state index is 3.53. The van der Waals surface area contributed by atoms with E-state index in [1.165, 1.54) is 51.6 Å². The Labute approximate surface area is 75.9 Å². The molecular formula is C11H21N. The molecule has 0 bridgehead atoms. The molecule has 0 aromatic rings. The summed E-state index contributed by atoms with van der Waals surface area (Å²) >= 11 is 0. The van der Waals surface area contributed by atoms with E-state index in [1.807, 2.05) is 0 Å². The molecule has 1 aliphatic heterocycles. The minimum Gasteiger partial charge on any atom is -0.316 e. The summed E-state index contributed by atoms with van der Waals surface area (Å²) < 4.78 is 0. The van der Waals surface area contributed by atoms with Gasteiger partial charge in [0.25, 0.3) is 0 Å². The first-order valence-corrected chi connectivity index (χ1v) is 5.49. The second-order valence-electron chi connectivity index (χ2n) is 5.09. The smallest absolute Gasteiger partial charge is 0.000527 e. The van der Waals surface area contributed by atoms with Crippen LogP contribution < -0.4 is 5.32 Å². The molecule has 1 saturated heterocycles. The van der Waals surface area contributed by atoms with Gasteiger partial charge in [0, 0.05) is 6.54 Å². The lowest BCUT2D eigenvalue weighted by Crippen LogP contribution is -2.39. The van der Waals surface area contributed by atoms with Gasteiger partial charge in [0.15, 0.2) is 0 Å². The second-order valence-corrected chi connectivity index (χ2v) is 5.09. The summed E-state index contributed by atoms with van der Waals surface area (Å²) in [6, 6.07) is 0. The van der Waals surface area contributed by atoms with Gasteiger partial charge in [0.1, 0.15) is 0 Å². The van der Waals surface area contributed by atoms with Crippen molar-refractivity contribution < 1.29 is 0 Å². The number of hydrogen-bond acceptors (Lipinski definition) is 1. The lowest BCUT2D eigenvalue weighted by molar-refractivity contribution is 0.141. The van der Waals surface area contributed by atoms with Crippen molar-refractivity contribution in [2.75, 3.05) is 13.1 Å². The highest BCUT2D eigenvalue weighted by molar-refractivity contribution is 4.85. The maximum Gasteiger partial charge on any atom is 0.000527 e. The van der Waals surface area contributed by atoms with Crippen molar-refractivity contribution >= 4 is 0 Å². The van der Waals surface area contributed by atoms with E-state index in [4.69, 9.17) is 0 Å². The molecule has 0 amide bonds. The zero-order valence-electron chi connectivity index (χ0n) is 8.23. The first-order chi connectivity index (χ1) is 5.79. The molecule has 12 heavy (non-hydrogen) atoms. The second kappa shape index (κ2) is 3.37. The summed E-state index contributed by atoms with van der Waals surface area (Å²) in [6.45, 7) is 4.99. The Morgan fingerprint density at radius 1 is 1.33 bits per heavy atom. The molecule has 1 atom stereocenters. The Kier molecular flexibility index (Phi) is 2.40. The summed E-state index contributed by atoms with van der Waals surface area (Å²) in [6.07, 6.45) is 8.85. The molecule has 1 N–H and O–H groups in total. The highest BCUT2D eigenvalue weighted by Crippen LogP contribution is 2.40. The zero-order chi connectivity index (χ0) is 8.44. The summed E-state index contributed by atoms with van der Waals surface area (Å²) in [5.41, 5.74) is 0.642. The molecule has 1 unspecified atom stereocenters. The standard InChI is InChI=1S/C11H21N/c1-11(6-3-7-12-9-11)8-10-4-2-5-10/h10,12H,2-9H2,1H3. The highest BCUT2D eigenvalue weighted by atomic mass is 14.9. The predicted octanol–water partition coefficient (Wildman–Crippen LogP) is 2.57. The fraction of sp³-hybridized carbons (Fsp3) is 1.00. The lowest BCUT2D eigenvalue weighted by atomic mass is 9.70. The van der Waals surface area contributed by atoms with Crippen LogP contribution in [0.15, 0.2) is 0 Å². The third-order valence-corrected chi connectivity index (χ3v) is 3.69. The molecule has 0 radical (unpaired) electrons. The van der Waals surface area contributed by atoms with E-state index in [0.717, 1.165) is 5.92 Å². The van der Waals surface area contributed by atoms with Crippen LogP contribution in [-0.4, -0.2) is 13.1 Å². The van der Waals surface area contributed by atoms with Gasteiger partial charge in [0.2, 0.25) is 0 Å². The molecule has 2 fully saturated rings. The van der Waals surface area contributed by atoms with Gasteiger partial charge in [-0.25, -0.2) is 0 Å². The SMILES string of the molecule is CC1(CC2CCC2)CCCNC1. The van der Waals surface area contributed by atoms with Gasteiger partial charge in [-0.15, -0.1) is 0 Å². The van der Waals surface area contributed by atoms with E-state index in [-0.39, 0.29) is 0 Å². The zero-order valence-corrected chi connectivity index (χ0v) is 8.23. The van der Waals surface area contributed by atoms with Gasteiger partial charge >= 0.3 is 0 Å². The highest BCUT2D eigenvalue weighted by Gasteiger charge is 2.31. The minimum absolute atomic E-state index is 0.642. The van der Waals surface area contributed by atoms with Crippen LogP contribution in [-0.2, 0) is 0 Å². The molecule has 1 nitrogen and oxygen atoms in total. The fourth-order valence-electron chi connectivity index (χ4n) is 2.69.